The van der Waals surface area contributed by atoms with Crippen LogP contribution in [-0.2, 0) is 4.79 Å². The van der Waals surface area contributed by atoms with Crippen molar-refractivity contribution in [3.8, 4) is 0 Å². The molecule has 0 aromatic heterocycles. The molecular formula is C13H26N2O2. The highest BCUT2D eigenvalue weighted by Crippen LogP contribution is 2.26. The van der Waals surface area contributed by atoms with Gasteiger partial charge in [-0.25, -0.2) is 0 Å². The van der Waals surface area contributed by atoms with E-state index in [0.29, 0.717) is 18.6 Å². The maximum atomic E-state index is 11.2. The zero-order valence-electron chi connectivity index (χ0n) is 11.3. The standard InChI is InChI=1S/C13H26N2O2/c1-4-15(9-13(2,3)12(16)17)11-7-5-10(14)6-8-11/h10-11H,4-9,14H2,1-3H3,(H,16,17). The largest absolute Gasteiger partial charge is 0.481 e. The summed E-state index contributed by atoms with van der Waals surface area (Å²) in [7, 11) is 0. The molecule has 0 unspecified atom stereocenters. The molecule has 100 valence electrons. The number of carboxylic acid groups (broad SMARTS) is 1. The third-order valence-corrected chi connectivity index (χ3v) is 3.84. The number of nitrogens with zero attached hydrogens (tertiary/aromatic N) is 1. The van der Waals surface area contributed by atoms with Crippen LogP contribution in [0.2, 0.25) is 0 Å². The Morgan fingerprint density at radius 3 is 2.29 bits per heavy atom. The quantitative estimate of drug-likeness (QED) is 0.770. The van der Waals surface area contributed by atoms with Gasteiger partial charge in [0.15, 0.2) is 0 Å². The van der Waals surface area contributed by atoms with E-state index in [-0.39, 0.29) is 0 Å². The Bertz CT molecular complexity index is 258. The van der Waals surface area contributed by atoms with E-state index < -0.39 is 11.4 Å². The van der Waals surface area contributed by atoms with E-state index in [0.717, 1.165) is 32.2 Å². The Hall–Kier alpha value is -0.610. The van der Waals surface area contributed by atoms with Gasteiger partial charge in [-0.3, -0.25) is 9.69 Å². The topological polar surface area (TPSA) is 66.6 Å². The molecule has 0 amide bonds. The molecule has 4 heteroatoms. The van der Waals surface area contributed by atoms with Gasteiger partial charge >= 0.3 is 5.97 Å². The van der Waals surface area contributed by atoms with E-state index in [1.165, 1.54) is 0 Å². The number of carboxylic acids is 1. The van der Waals surface area contributed by atoms with Crippen LogP contribution in [0.25, 0.3) is 0 Å². The summed E-state index contributed by atoms with van der Waals surface area (Å²) in [6.45, 7) is 7.24. The molecule has 1 rings (SSSR count). The van der Waals surface area contributed by atoms with E-state index in [9.17, 15) is 9.90 Å². The highest BCUT2D eigenvalue weighted by molar-refractivity contribution is 5.73. The lowest BCUT2D eigenvalue weighted by atomic mass is 9.87. The molecule has 0 aliphatic heterocycles. The molecule has 0 atom stereocenters. The van der Waals surface area contributed by atoms with E-state index in [4.69, 9.17) is 5.73 Å². The summed E-state index contributed by atoms with van der Waals surface area (Å²) >= 11 is 0. The summed E-state index contributed by atoms with van der Waals surface area (Å²) in [6.07, 6.45) is 4.33. The normalized spacial score (nSPS) is 26.2. The van der Waals surface area contributed by atoms with Crippen LogP contribution in [0.3, 0.4) is 0 Å². The van der Waals surface area contributed by atoms with Crippen molar-refractivity contribution in [2.75, 3.05) is 13.1 Å². The minimum atomic E-state index is -0.719. The molecule has 3 N–H and O–H groups in total. The zero-order chi connectivity index (χ0) is 13.1. The van der Waals surface area contributed by atoms with Gasteiger partial charge in [-0.05, 0) is 46.1 Å². The Morgan fingerprint density at radius 1 is 1.35 bits per heavy atom. The first-order valence-corrected chi connectivity index (χ1v) is 6.60. The number of carbonyl (C=O) groups is 1. The maximum absolute atomic E-state index is 11.2. The first-order chi connectivity index (χ1) is 7.86. The Balaban J connectivity index is 2.56. The molecule has 0 aromatic rings. The van der Waals surface area contributed by atoms with Gasteiger partial charge in [0.2, 0.25) is 0 Å². The molecule has 17 heavy (non-hydrogen) atoms. The van der Waals surface area contributed by atoms with Crippen LogP contribution in [0.15, 0.2) is 0 Å². The summed E-state index contributed by atoms with van der Waals surface area (Å²) in [6, 6.07) is 0.857. The summed E-state index contributed by atoms with van der Waals surface area (Å²) in [5.74, 6) is -0.719. The van der Waals surface area contributed by atoms with Crippen molar-refractivity contribution in [2.24, 2.45) is 11.1 Å². The van der Waals surface area contributed by atoms with Gasteiger partial charge < -0.3 is 10.8 Å². The third kappa shape index (κ3) is 3.96. The average molecular weight is 242 g/mol. The molecule has 4 nitrogen and oxygen atoms in total. The molecular weight excluding hydrogens is 216 g/mol. The second-order valence-corrected chi connectivity index (χ2v) is 5.82. The van der Waals surface area contributed by atoms with Gasteiger partial charge in [-0.2, -0.15) is 0 Å². The van der Waals surface area contributed by atoms with Gasteiger partial charge in [0.05, 0.1) is 5.41 Å². The van der Waals surface area contributed by atoms with Crippen molar-refractivity contribution in [2.45, 2.75) is 58.5 Å². The fourth-order valence-electron chi connectivity index (χ4n) is 2.54. The summed E-state index contributed by atoms with van der Waals surface area (Å²) in [5, 5.41) is 9.18. The number of hydrogen-bond acceptors (Lipinski definition) is 3. The predicted molar refractivity (Wildman–Crippen MR) is 68.9 cm³/mol. The Kier molecular flexibility index (Phi) is 4.95. The number of hydrogen-bond donors (Lipinski definition) is 2. The first kappa shape index (κ1) is 14.5. The molecule has 1 fully saturated rings. The fraction of sp³-hybridized carbons (Fsp3) is 0.923. The van der Waals surface area contributed by atoms with Crippen LogP contribution in [0.5, 0.6) is 0 Å². The van der Waals surface area contributed by atoms with Crippen molar-refractivity contribution in [1.82, 2.24) is 4.90 Å². The Labute approximate surface area is 104 Å². The van der Waals surface area contributed by atoms with Crippen molar-refractivity contribution in [3.05, 3.63) is 0 Å². The summed E-state index contributed by atoms with van der Waals surface area (Å²) < 4.78 is 0. The molecule has 0 heterocycles. The van der Waals surface area contributed by atoms with Crippen LogP contribution in [0.4, 0.5) is 0 Å². The van der Waals surface area contributed by atoms with Gasteiger partial charge in [-0.15, -0.1) is 0 Å². The zero-order valence-corrected chi connectivity index (χ0v) is 11.3. The van der Waals surface area contributed by atoms with Gasteiger partial charge in [0.25, 0.3) is 0 Å². The predicted octanol–water partition coefficient (Wildman–Crippen LogP) is 1.69. The minimum absolute atomic E-state index is 0.345. The second kappa shape index (κ2) is 5.83. The lowest BCUT2D eigenvalue weighted by Gasteiger charge is -2.38. The maximum Gasteiger partial charge on any atom is 0.310 e. The monoisotopic (exact) mass is 242 g/mol. The van der Waals surface area contributed by atoms with Crippen molar-refractivity contribution in [3.63, 3.8) is 0 Å². The highest BCUT2D eigenvalue weighted by Gasteiger charge is 2.32. The van der Waals surface area contributed by atoms with Crippen LogP contribution in [0, 0.1) is 5.41 Å². The van der Waals surface area contributed by atoms with Gasteiger partial charge in [-0.1, -0.05) is 6.92 Å². The SMILES string of the molecule is CCN(CC(C)(C)C(=O)O)C1CCC(N)CC1. The van der Waals surface area contributed by atoms with Crippen LogP contribution < -0.4 is 5.73 Å². The molecule has 0 aromatic carbocycles. The van der Waals surface area contributed by atoms with Crippen LogP contribution in [-0.4, -0.2) is 41.1 Å². The minimum Gasteiger partial charge on any atom is -0.481 e. The van der Waals surface area contributed by atoms with Crippen LogP contribution >= 0.6 is 0 Å². The number of aliphatic carboxylic acids is 1. The first-order valence-electron chi connectivity index (χ1n) is 6.60. The van der Waals surface area contributed by atoms with E-state index in [1.54, 1.807) is 13.8 Å². The van der Waals surface area contributed by atoms with Gasteiger partial charge in [0, 0.05) is 18.6 Å². The third-order valence-electron chi connectivity index (χ3n) is 3.84. The average Bonchev–Trinajstić information content (AvgIpc) is 2.27. The molecule has 1 aliphatic rings. The lowest BCUT2D eigenvalue weighted by molar-refractivity contribution is -0.148. The summed E-state index contributed by atoms with van der Waals surface area (Å²) in [5.41, 5.74) is 5.23. The summed E-state index contributed by atoms with van der Waals surface area (Å²) in [4.78, 5) is 13.5. The molecule has 0 spiro atoms. The van der Waals surface area contributed by atoms with Gasteiger partial charge in [0.1, 0.15) is 0 Å². The van der Waals surface area contributed by atoms with Crippen LogP contribution in [0.1, 0.15) is 46.5 Å². The van der Waals surface area contributed by atoms with Crippen molar-refractivity contribution in [1.29, 1.82) is 0 Å². The van der Waals surface area contributed by atoms with Crippen molar-refractivity contribution >= 4 is 5.97 Å². The highest BCUT2D eigenvalue weighted by atomic mass is 16.4. The van der Waals surface area contributed by atoms with E-state index >= 15 is 0 Å². The lowest BCUT2D eigenvalue weighted by Crippen LogP contribution is -2.46. The molecule has 0 saturated heterocycles. The molecule has 1 saturated carbocycles. The molecule has 0 bridgehead atoms. The Morgan fingerprint density at radius 2 is 1.88 bits per heavy atom. The van der Waals surface area contributed by atoms with E-state index in [2.05, 4.69) is 11.8 Å². The number of nitrogens with two attached hydrogens (primary N) is 1. The van der Waals surface area contributed by atoms with Crippen molar-refractivity contribution < 1.29 is 9.90 Å². The number of rotatable bonds is 5. The molecule has 0 radical (unpaired) electrons. The second-order valence-electron chi connectivity index (χ2n) is 5.82. The van der Waals surface area contributed by atoms with E-state index in [1.807, 2.05) is 0 Å². The molecule has 1 aliphatic carbocycles. The smallest absolute Gasteiger partial charge is 0.310 e. The fourth-order valence-corrected chi connectivity index (χ4v) is 2.54.